The van der Waals surface area contributed by atoms with Gasteiger partial charge in [-0.2, -0.15) is 5.10 Å². The van der Waals surface area contributed by atoms with Crippen LogP contribution in [0.3, 0.4) is 0 Å². The summed E-state index contributed by atoms with van der Waals surface area (Å²) in [4.78, 5) is 16.9. The summed E-state index contributed by atoms with van der Waals surface area (Å²) in [5, 5.41) is 15.1. The highest BCUT2D eigenvalue weighted by Gasteiger charge is 2.25. The summed E-state index contributed by atoms with van der Waals surface area (Å²) in [5.41, 5.74) is 1.99. The average molecular weight is 301 g/mol. The fourth-order valence-corrected chi connectivity index (χ4v) is 3.02. The van der Waals surface area contributed by atoms with Crippen molar-refractivity contribution >= 4 is 11.5 Å². The Bertz CT molecular complexity index is 697. The van der Waals surface area contributed by atoms with Gasteiger partial charge in [0.2, 0.25) is 0 Å². The lowest BCUT2D eigenvalue weighted by Gasteiger charge is -2.17. The molecule has 1 fully saturated rings. The monoisotopic (exact) mass is 301 g/mol. The minimum Gasteiger partial charge on any atom is -0.356 e. The Morgan fingerprint density at radius 3 is 2.91 bits per heavy atom. The molecule has 1 aliphatic rings. The Kier molecular flexibility index (Phi) is 3.79. The summed E-state index contributed by atoms with van der Waals surface area (Å²) in [5.74, 6) is 1.40. The van der Waals surface area contributed by atoms with E-state index >= 15 is 0 Å². The van der Waals surface area contributed by atoms with Crippen LogP contribution in [0.1, 0.15) is 17.5 Å². The van der Waals surface area contributed by atoms with Gasteiger partial charge in [0.25, 0.3) is 5.69 Å². The topological polar surface area (TPSA) is 77.1 Å². The standard InChI is InChI=1S/C15H19N5O2/c1-11-5-15(16-8-14(11)20(21)22)19-4-3-12(10-19)6-13-7-17-18(2)9-13/h5,7-9,12H,3-4,6,10H2,1-2H3. The molecule has 0 spiro atoms. The van der Waals surface area contributed by atoms with Gasteiger partial charge in [-0.1, -0.05) is 0 Å². The molecule has 0 aliphatic carbocycles. The van der Waals surface area contributed by atoms with Crippen LogP contribution >= 0.6 is 0 Å². The zero-order chi connectivity index (χ0) is 15.7. The smallest absolute Gasteiger partial charge is 0.290 e. The van der Waals surface area contributed by atoms with Crippen molar-refractivity contribution in [3.05, 3.63) is 45.9 Å². The molecule has 0 radical (unpaired) electrons. The lowest BCUT2D eigenvalue weighted by atomic mass is 10.0. The lowest BCUT2D eigenvalue weighted by molar-refractivity contribution is -0.385. The number of rotatable bonds is 4. The molecular weight excluding hydrogens is 282 g/mol. The lowest BCUT2D eigenvalue weighted by Crippen LogP contribution is -2.21. The van der Waals surface area contributed by atoms with Crippen LogP contribution in [0.25, 0.3) is 0 Å². The third-order valence-electron chi connectivity index (χ3n) is 4.16. The number of nitrogens with zero attached hydrogens (tertiary/aromatic N) is 5. The molecule has 22 heavy (non-hydrogen) atoms. The number of hydrogen-bond acceptors (Lipinski definition) is 5. The van der Waals surface area contributed by atoms with E-state index in [1.165, 1.54) is 11.8 Å². The Balaban J connectivity index is 1.67. The number of aromatic nitrogens is 3. The normalized spacial score (nSPS) is 17.9. The molecule has 3 rings (SSSR count). The zero-order valence-corrected chi connectivity index (χ0v) is 12.8. The SMILES string of the molecule is Cc1cc(N2CCC(Cc3cnn(C)c3)C2)ncc1[N+](=O)[O-]. The van der Waals surface area contributed by atoms with E-state index in [0.29, 0.717) is 11.5 Å². The maximum atomic E-state index is 10.9. The van der Waals surface area contributed by atoms with Gasteiger partial charge >= 0.3 is 0 Å². The molecule has 116 valence electrons. The first kappa shape index (κ1) is 14.5. The molecule has 0 N–H and O–H groups in total. The average Bonchev–Trinajstić information content (AvgIpc) is 3.08. The van der Waals surface area contributed by atoms with Crippen LogP contribution in [0.15, 0.2) is 24.7 Å². The fourth-order valence-electron chi connectivity index (χ4n) is 3.02. The molecule has 0 amide bonds. The molecule has 0 bridgehead atoms. The first-order chi connectivity index (χ1) is 10.5. The van der Waals surface area contributed by atoms with E-state index < -0.39 is 0 Å². The molecule has 7 nitrogen and oxygen atoms in total. The van der Waals surface area contributed by atoms with Gasteiger partial charge in [-0.3, -0.25) is 14.8 Å². The van der Waals surface area contributed by atoms with E-state index in [4.69, 9.17) is 0 Å². The van der Waals surface area contributed by atoms with E-state index in [9.17, 15) is 10.1 Å². The molecule has 2 aromatic rings. The summed E-state index contributed by atoms with van der Waals surface area (Å²) in [7, 11) is 1.92. The van der Waals surface area contributed by atoms with E-state index in [1.54, 1.807) is 6.92 Å². The molecule has 1 aliphatic heterocycles. The van der Waals surface area contributed by atoms with Crippen LogP contribution in [-0.2, 0) is 13.5 Å². The summed E-state index contributed by atoms with van der Waals surface area (Å²) >= 11 is 0. The third-order valence-corrected chi connectivity index (χ3v) is 4.16. The van der Waals surface area contributed by atoms with Crippen LogP contribution in [0.4, 0.5) is 11.5 Å². The van der Waals surface area contributed by atoms with Gasteiger partial charge in [0.15, 0.2) is 0 Å². The quantitative estimate of drug-likeness (QED) is 0.638. The van der Waals surface area contributed by atoms with Crippen molar-refractivity contribution in [2.24, 2.45) is 13.0 Å². The maximum absolute atomic E-state index is 10.9. The molecule has 2 aromatic heterocycles. The Morgan fingerprint density at radius 1 is 1.45 bits per heavy atom. The highest BCUT2D eigenvalue weighted by Crippen LogP contribution is 2.27. The highest BCUT2D eigenvalue weighted by molar-refractivity contribution is 5.49. The van der Waals surface area contributed by atoms with Crippen LogP contribution in [0, 0.1) is 23.0 Å². The van der Waals surface area contributed by atoms with Crippen LogP contribution in [0.5, 0.6) is 0 Å². The van der Waals surface area contributed by atoms with Gasteiger partial charge in [0.05, 0.1) is 11.1 Å². The minimum atomic E-state index is -0.388. The van der Waals surface area contributed by atoms with Gasteiger partial charge < -0.3 is 4.90 Å². The van der Waals surface area contributed by atoms with Crippen LogP contribution in [0.2, 0.25) is 0 Å². The van der Waals surface area contributed by atoms with Crippen LogP contribution < -0.4 is 4.90 Å². The molecule has 1 saturated heterocycles. The summed E-state index contributed by atoms with van der Waals surface area (Å²) in [6.07, 6.45) is 7.44. The summed E-state index contributed by atoms with van der Waals surface area (Å²) in [6.45, 7) is 3.63. The number of pyridine rings is 1. The summed E-state index contributed by atoms with van der Waals surface area (Å²) < 4.78 is 1.82. The largest absolute Gasteiger partial charge is 0.356 e. The fraction of sp³-hybridized carbons (Fsp3) is 0.467. The second kappa shape index (κ2) is 5.75. The zero-order valence-electron chi connectivity index (χ0n) is 12.8. The summed E-state index contributed by atoms with van der Waals surface area (Å²) in [6, 6.07) is 1.81. The van der Waals surface area contributed by atoms with Crippen molar-refractivity contribution in [3.63, 3.8) is 0 Å². The van der Waals surface area contributed by atoms with Gasteiger partial charge in [0.1, 0.15) is 12.0 Å². The molecule has 1 atom stereocenters. The molecular formula is C15H19N5O2. The minimum absolute atomic E-state index is 0.0786. The second-order valence-corrected chi connectivity index (χ2v) is 5.91. The Morgan fingerprint density at radius 2 is 2.27 bits per heavy atom. The maximum Gasteiger partial charge on any atom is 0.290 e. The van der Waals surface area contributed by atoms with Crippen molar-refractivity contribution < 1.29 is 4.92 Å². The van der Waals surface area contributed by atoms with E-state index in [0.717, 1.165) is 31.7 Å². The second-order valence-electron chi connectivity index (χ2n) is 5.91. The van der Waals surface area contributed by atoms with Crippen molar-refractivity contribution in [2.75, 3.05) is 18.0 Å². The van der Waals surface area contributed by atoms with Gasteiger partial charge in [-0.05, 0) is 37.3 Å². The Hall–Kier alpha value is -2.44. The van der Waals surface area contributed by atoms with E-state index in [1.807, 2.05) is 24.0 Å². The molecule has 7 heteroatoms. The molecule has 3 heterocycles. The predicted molar refractivity (Wildman–Crippen MR) is 82.9 cm³/mol. The third kappa shape index (κ3) is 2.93. The van der Waals surface area contributed by atoms with Crippen molar-refractivity contribution in [3.8, 4) is 0 Å². The molecule has 0 aromatic carbocycles. The van der Waals surface area contributed by atoms with Crippen molar-refractivity contribution in [2.45, 2.75) is 19.8 Å². The van der Waals surface area contributed by atoms with Crippen molar-refractivity contribution in [1.29, 1.82) is 0 Å². The van der Waals surface area contributed by atoms with Crippen LogP contribution in [-0.4, -0.2) is 32.8 Å². The predicted octanol–water partition coefficient (Wildman–Crippen LogP) is 2.10. The number of hydrogen-bond donors (Lipinski definition) is 0. The first-order valence-corrected chi connectivity index (χ1v) is 7.36. The van der Waals surface area contributed by atoms with Gasteiger partial charge in [-0.25, -0.2) is 4.98 Å². The number of nitro groups is 1. The van der Waals surface area contributed by atoms with Gasteiger partial charge in [0, 0.05) is 31.9 Å². The van der Waals surface area contributed by atoms with Gasteiger partial charge in [-0.15, -0.1) is 0 Å². The van der Waals surface area contributed by atoms with Crippen molar-refractivity contribution in [1.82, 2.24) is 14.8 Å². The Labute approximate surface area is 128 Å². The van der Waals surface area contributed by atoms with E-state index in [-0.39, 0.29) is 10.6 Å². The molecule has 1 unspecified atom stereocenters. The first-order valence-electron chi connectivity index (χ1n) is 7.36. The number of anilines is 1. The molecule has 0 saturated carbocycles. The highest BCUT2D eigenvalue weighted by atomic mass is 16.6. The number of aryl methyl sites for hydroxylation is 2. The van der Waals surface area contributed by atoms with E-state index in [2.05, 4.69) is 21.2 Å².